The molecule has 0 spiro atoms. The molecule has 0 saturated heterocycles. The Morgan fingerprint density at radius 3 is 2.04 bits per heavy atom. The summed E-state index contributed by atoms with van der Waals surface area (Å²) in [6, 6.07) is 18.5. The van der Waals surface area contributed by atoms with Gasteiger partial charge in [0.1, 0.15) is 18.2 Å². The maximum absolute atomic E-state index is 12.6. The molecule has 144 valence electrons. The van der Waals surface area contributed by atoms with E-state index in [2.05, 4.69) is 5.32 Å². The molecule has 0 bridgehead atoms. The van der Waals surface area contributed by atoms with Crippen molar-refractivity contribution >= 4 is 11.9 Å². The number of rotatable bonds is 8. The van der Waals surface area contributed by atoms with Gasteiger partial charge < -0.3 is 9.47 Å². The Labute approximate surface area is 160 Å². The van der Waals surface area contributed by atoms with E-state index in [4.69, 9.17) is 9.47 Å². The highest BCUT2D eigenvalue weighted by molar-refractivity contribution is 5.78. The molecule has 2 aromatic rings. The van der Waals surface area contributed by atoms with E-state index in [0.717, 1.165) is 11.1 Å². The van der Waals surface area contributed by atoms with Crippen LogP contribution in [-0.2, 0) is 32.1 Å². The predicted molar refractivity (Wildman–Crippen MR) is 104 cm³/mol. The number of ether oxygens (including phenoxy) is 2. The quantitative estimate of drug-likeness (QED) is 0.724. The summed E-state index contributed by atoms with van der Waals surface area (Å²) in [5.41, 5.74) is 1.33. The van der Waals surface area contributed by atoms with Crippen molar-refractivity contribution in [3.05, 3.63) is 71.8 Å². The molecule has 1 N–H and O–H groups in total. The van der Waals surface area contributed by atoms with Crippen molar-refractivity contribution in [3.8, 4) is 0 Å². The summed E-state index contributed by atoms with van der Waals surface area (Å²) in [4.78, 5) is 24.6. The second kappa shape index (κ2) is 9.88. The molecular weight excluding hydrogens is 342 g/mol. The van der Waals surface area contributed by atoms with Gasteiger partial charge in [-0.2, -0.15) is 0 Å². The summed E-state index contributed by atoms with van der Waals surface area (Å²) in [6.07, 6.45) is 0.428. The van der Waals surface area contributed by atoms with Crippen molar-refractivity contribution in [2.75, 3.05) is 6.54 Å². The van der Waals surface area contributed by atoms with Gasteiger partial charge in [-0.05, 0) is 38.3 Å². The number of carbonyl (C=O) groups excluding carboxylic acids is 2. The van der Waals surface area contributed by atoms with E-state index in [1.54, 1.807) is 20.8 Å². The standard InChI is InChI=1S/C22H27NO4/c1-22(2,3)27-20(24)15-23-19(14-17-10-6-4-7-11-17)21(25)26-16-18-12-8-5-9-13-18/h4-13,19,23H,14-16H2,1-3H3. The number of hydrogen-bond acceptors (Lipinski definition) is 5. The normalized spacial score (nSPS) is 12.3. The largest absolute Gasteiger partial charge is 0.460 e. The van der Waals surface area contributed by atoms with Crippen LogP contribution in [0, 0.1) is 0 Å². The molecule has 2 rings (SSSR count). The van der Waals surface area contributed by atoms with Crippen molar-refractivity contribution in [2.45, 2.75) is 45.4 Å². The molecule has 0 amide bonds. The average Bonchev–Trinajstić information content (AvgIpc) is 2.63. The van der Waals surface area contributed by atoms with Crippen LogP contribution in [0.15, 0.2) is 60.7 Å². The molecule has 27 heavy (non-hydrogen) atoms. The highest BCUT2D eigenvalue weighted by Gasteiger charge is 2.23. The number of carbonyl (C=O) groups is 2. The minimum atomic E-state index is -0.636. The number of hydrogen-bond donors (Lipinski definition) is 1. The molecular formula is C22H27NO4. The molecule has 0 aliphatic rings. The summed E-state index contributed by atoms with van der Waals surface area (Å²) >= 11 is 0. The zero-order valence-corrected chi connectivity index (χ0v) is 16.1. The maximum Gasteiger partial charge on any atom is 0.323 e. The molecule has 5 heteroatoms. The minimum absolute atomic E-state index is 0.0603. The highest BCUT2D eigenvalue weighted by Crippen LogP contribution is 2.09. The van der Waals surface area contributed by atoms with Gasteiger partial charge >= 0.3 is 11.9 Å². The third-order valence-corrected chi connectivity index (χ3v) is 3.70. The molecule has 2 aromatic carbocycles. The number of nitrogens with one attached hydrogen (secondary N) is 1. The van der Waals surface area contributed by atoms with Crippen LogP contribution in [-0.4, -0.2) is 30.1 Å². The van der Waals surface area contributed by atoms with Gasteiger partial charge in [-0.15, -0.1) is 0 Å². The highest BCUT2D eigenvalue weighted by atomic mass is 16.6. The Morgan fingerprint density at radius 2 is 1.48 bits per heavy atom. The van der Waals surface area contributed by atoms with Crippen LogP contribution in [0.25, 0.3) is 0 Å². The molecule has 0 saturated carbocycles. The molecule has 0 aromatic heterocycles. The zero-order valence-electron chi connectivity index (χ0n) is 16.1. The summed E-state index contributed by atoms with van der Waals surface area (Å²) in [5, 5.41) is 2.98. The van der Waals surface area contributed by atoms with Crippen molar-refractivity contribution in [1.29, 1.82) is 0 Å². The Balaban J connectivity index is 1.97. The Bertz CT molecular complexity index is 723. The Morgan fingerprint density at radius 1 is 0.926 bits per heavy atom. The fourth-order valence-corrected chi connectivity index (χ4v) is 2.50. The zero-order chi connectivity index (χ0) is 19.7. The number of esters is 2. The minimum Gasteiger partial charge on any atom is -0.460 e. The molecule has 0 aliphatic heterocycles. The third kappa shape index (κ3) is 8.05. The summed E-state index contributed by atoms with van der Waals surface area (Å²) < 4.78 is 10.7. The van der Waals surface area contributed by atoms with Crippen LogP contribution >= 0.6 is 0 Å². The predicted octanol–water partition coefficient (Wildman–Crippen LogP) is 3.27. The van der Waals surface area contributed by atoms with Crippen LogP contribution in [0.5, 0.6) is 0 Å². The van der Waals surface area contributed by atoms with Crippen molar-refractivity contribution in [2.24, 2.45) is 0 Å². The summed E-state index contributed by atoms with van der Waals surface area (Å²) in [5.74, 6) is -0.803. The molecule has 0 radical (unpaired) electrons. The van der Waals surface area contributed by atoms with Crippen molar-refractivity contribution < 1.29 is 19.1 Å². The third-order valence-electron chi connectivity index (χ3n) is 3.70. The van der Waals surface area contributed by atoms with Gasteiger partial charge in [-0.25, -0.2) is 0 Å². The fraction of sp³-hybridized carbons (Fsp3) is 0.364. The molecule has 1 unspecified atom stereocenters. The van der Waals surface area contributed by atoms with Crippen LogP contribution in [0.1, 0.15) is 31.9 Å². The molecule has 1 atom stereocenters. The average molecular weight is 369 g/mol. The molecule has 0 aliphatic carbocycles. The van der Waals surface area contributed by atoms with E-state index in [1.807, 2.05) is 60.7 Å². The lowest BCUT2D eigenvalue weighted by Gasteiger charge is -2.21. The first kappa shape index (κ1) is 20.6. The van der Waals surface area contributed by atoms with Crippen LogP contribution in [0.2, 0.25) is 0 Å². The van der Waals surface area contributed by atoms with Crippen molar-refractivity contribution in [1.82, 2.24) is 5.32 Å². The van der Waals surface area contributed by atoms with E-state index in [-0.39, 0.29) is 13.2 Å². The van der Waals surface area contributed by atoms with E-state index in [0.29, 0.717) is 6.42 Å². The van der Waals surface area contributed by atoms with Gasteiger partial charge in [0.2, 0.25) is 0 Å². The Kier molecular flexibility index (Phi) is 7.55. The Hall–Kier alpha value is -2.66. The topological polar surface area (TPSA) is 64.6 Å². The van der Waals surface area contributed by atoms with E-state index >= 15 is 0 Å². The van der Waals surface area contributed by atoms with Gasteiger partial charge in [-0.3, -0.25) is 14.9 Å². The summed E-state index contributed by atoms with van der Waals surface area (Å²) in [7, 11) is 0. The molecule has 0 fully saturated rings. The lowest BCUT2D eigenvalue weighted by Crippen LogP contribution is -2.43. The van der Waals surface area contributed by atoms with Gasteiger partial charge in [0.25, 0.3) is 0 Å². The van der Waals surface area contributed by atoms with Gasteiger partial charge in [0, 0.05) is 0 Å². The van der Waals surface area contributed by atoms with Gasteiger partial charge in [-0.1, -0.05) is 60.7 Å². The maximum atomic E-state index is 12.6. The van der Waals surface area contributed by atoms with E-state index in [1.165, 1.54) is 0 Å². The number of benzene rings is 2. The second-order valence-electron chi connectivity index (χ2n) is 7.30. The SMILES string of the molecule is CC(C)(C)OC(=O)CNC(Cc1ccccc1)C(=O)OCc1ccccc1. The van der Waals surface area contributed by atoms with E-state index < -0.39 is 23.6 Å². The molecule has 0 heterocycles. The second-order valence-corrected chi connectivity index (χ2v) is 7.30. The first-order chi connectivity index (χ1) is 12.8. The van der Waals surface area contributed by atoms with E-state index in [9.17, 15) is 9.59 Å². The van der Waals surface area contributed by atoms with Gasteiger partial charge in [0.15, 0.2) is 0 Å². The molecule has 5 nitrogen and oxygen atoms in total. The lowest BCUT2D eigenvalue weighted by molar-refractivity contribution is -0.154. The van der Waals surface area contributed by atoms with Crippen LogP contribution < -0.4 is 5.32 Å². The fourth-order valence-electron chi connectivity index (χ4n) is 2.50. The van der Waals surface area contributed by atoms with Crippen LogP contribution in [0.3, 0.4) is 0 Å². The van der Waals surface area contributed by atoms with Crippen molar-refractivity contribution in [3.63, 3.8) is 0 Å². The summed E-state index contributed by atoms with van der Waals surface area (Å²) in [6.45, 7) is 5.55. The first-order valence-electron chi connectivity index (χ1n) is 9.03. The van der Waals surface area contributed by atoms with Gasteiger partial charge in [0.05, 0.1) is 6.54 Å². The lowest BCUT2D eigenvalue weighted by atomic mass is 10.1. The monoisotopic (exact) mass is 369 g/mol. The van der Waals surface area contributed by atoms with Crippen LogP contribution in [0.4, 0.5) is 0 Å². The first-order valence-corrected chi connectivity index (χ1v) is 9.03. The smallest absolute Gasteiger partial charge is 0.323 e.